The zero-order chi connectivity index (χ0) is 30.8. The van der Waals surface area contributed by atoms with E-state index in [9.17, 15) is 32.9 Å². The number of nitrogens with zero attached hydrogens (tertiary/aromatic N) is 2. The van der Waals surface area contributed by atoms with Crippen molar-refractivity contribution in [1.82, 2.24) is 4.90 Å². The van der Waals surface area contributed by atoms with Crippen molar-refractivity contribution in [2.24, 2.45) is 0 Å². The lowest BCUT2D eigenvalue weighted by molar-refractivity contribution is -0.385. The van der Waals surface area contributed by atoms with Gasteiger partial charge in [-0.05, 0) is 73.5 Å². The third kappa shape index (κ3) is 6.44. The number of amides is 3. The van der Waals surface area contributed by atoms with Crippen LogP contribution in [0.1, 0.15) is 22.3 Å². The molecule has 42 heavy (non-hydrogen) atoms. The Kier molecular flexibility index (Phi) is 8.68. The van der Waals surface area contributed by atoms with E-state index in [4.69, 9.17) is 8.92 Å². The fraction of sp³-hybridized carbons (Fsp3) is 0.179. The molecule has 1 saturated heterocycles. The van der Waals surface area contributed by atoms with Crippen LogP contribution in [0.15, 0.2) is 64.4 Å². The Labute approximate surface area is 245 Å². The number of thioether (sulfide) groups is 1. The van der Waals surface area contributed by atoms with E-state index in [1.54, 1.807) is 0 Å². The number of benzene rings is 3. The summed E-state index contributed by atoms with van der Waals surface area (Å²) >= 11 is 0.656. The molecule has 0 aliphatic carbocycles. The summed E-state index contributed by atoms with van der Waals surface area (Å²) in [6.45, 7) is 4.67. The van der Waals surface area contributed by atoms with Crippen LogP contribution in [0.2, 0.25) is 0 Å². The molecule has 0 spiro atoms. The molecule has 4 rings (SSSR count). The number of para-hydroxylation sites is 1. The summed E-state index contributed by atoms with van der Waals surface area (Å²) < 4.78 is 36.1. The summed E-state index contributed by atoms with van der Waals surface area (Å²) in [7, 11) is -3.19. The van der Waals surface area contributed by atoms with Crippen molar-refractivity contribution in [3.63, 3.8) is 0 Å². The summed E-state index contributed by atoms with van der Waals surface area (Å²) in [6, 6.07) is 13.0. The van der Waals surface area contributed by atoms with Crippen LogP contribution in [-0.4, -0.2) is 48.9 Å². The summed E-state index contributed by atoms with van der Waals surface area (Å²) in [5, 5.41) is 13.4. The second-order valence-electron chi connectivity index (χ2n) is 9.24. The first kappa shape index (κ1) is 30.3. The molecule has 0 bridgehead atoms. The number of methoxy groups -OCH3 is 1. The SMILES string of the molecule is COc1cc(/C=C2\SC(=O)N(CC(=O)Nc3c(C)cccc3C)C2=O)ccc1OS(=O)(=O)c1ccc(C)c([N+](=O)[O-])c1. The molecule has 1 N–H and O–H groups in total. The number of imide groups is 1. The average Bonchev–Trinajstić information content (AvgIpc) is 3.18. The monoisotopic (exact) mass is 611 g/mol. The summed E-state index contributed by atoms with van der Waals surface area (Å²) in [5.41, 5.74) is 2.58. The first-order valence-corrected chi connectivity index (χ1v) is 14.5. The largest absolute Gasteiger partial charge is 0.493 e. The van der Waals surface area contributed by atoms with Crippen molar-refractivity contribution in [3.8, 4) is 11.5 Å². The van der Waals surface area contributed by atoms with Crippen LogP contribution < -0.4 is 14.2 Å². The quantitative estimate of drug-likeness (QED) is 0.151. The van der Waals surface area contributed by atoms with Gasteiger partial charge in [0.25, 0.3) is 16.8 Å². The topological polar surface area (TPSA) is 162 Å². The minimum atomic E-state index is -4.46. The summed E-state index contributed by atoms with van der Waals surface area (Å²) in [5.74, 6) is -1.40. The van der Waals surface area contributed by atoms with E-state index in [0.29, 0.717) is 23.0 Å². The minimum absolute atomic E-state index is 0.0128. The molecule has 14 heteroatoms. The molecule has 218 valence electrons. The molecule has 0 aromatic heterocycles. The van der Waals surface area contributed by atoms with Crippen molar-refractivity contribution >= 4 is 56.4 Å². The average molecular weight is 612 g/mol. The predicted octanol–water partition coefficient (Wildman–Crippen LogP) is 4.97. The number of hydrogen-bond acceptors (Lipinski definition) is 10. The molecule has 1 fully saturated rings. The number of hydrogen-bond donors (Lipinski definition) is 1. The number of nitro benzene ring substituents is 1. The lowest BCUT2D eigenvalue weighted by Gasteiger charge is -2.15. The van der Waals surface area contributed by atoms with Crippen LogP contribution in [0.3, 0.4) is 0 Å². The first-order chi connectivity index (χ1) is 19.8. The van der Waals surface area contributed by atoms with Gasteiger partial charge in [-0.2, -0.15) is 8.42 Å². The highest BCUT2D eigenvalue weighted by atomic mass is 32.2. The smallest absolute Gasteiger partial charge is 0.339 e. The molecular formula is C28H25N3O9S2. The number of nitro groups is 1. The number of anilines is 1. The fourth-order valence-electron chi connectivity index (χ4n) is 4.07. The van der Waals surface area contributed by atoms with Gasteiger partial charge in [-0.1, -0.05) is 30.3 Å². The molecule has 1 aliphatic heterocycles. The Balaban J connectivity index is 1.51. The highest BCUT2D eigenvalue weighted by molar-refractivity contribution is 8.18. The van der Waals surface area contributed by atoms with Gasteiger partial charge >= 0.3 is 10.1 Å². The van der Waals surface area contributed by atoms with Crippen LogP contribution in [0, 0.1) is 30.9 Å². The van der Waals surface area contributed by atoms with E-state index in [0.717, 1.165) is 22.1 Å². The third-order valence-electron chi connectivity index (χ3n) is 6.27. The number of ether oxygens (including phenoxy) is 1. The molecule has 0 atom stereocenters. The standard InChI is InChI=1S/C28H25N3O9S2/c1-16-8-10-20(14-21(16)31(35)36)42(37,38)40-22-11-9-19(12-23(22)39-4)13-24-27(33)30(28(34)41-24)15-25(32)29-26-17(2)6-5-7-18(26)3/h5-14H,15H2,1-4H3,(H,29,32)/b24-13-. The van der Waals surface area contributed by atoms with Crippen LogP contribution in [0.4, 0.5) is 16.2 Å². The molecule has 0 unspecified atom stereocenters. The van der Waals surface area contributed by atoms with Crippen LogP contribution >= 0.6 is 11.8 Å². The highest BCUT2D eigenvalue weighted by Gasteiger charge is 2.36. The maximum atomic E-state index is 13.0. The Morgan fingerprint density at radius 3 is 2.36 bits per heavy atom. The van der Waals surface area contributed by atoms with Crippen molar-refractivity contribution in [2.45, 2.75) is 25.7 Å². The predicted molar refractivity (Wildman–Crippen MR) is 156 cm³/mol. The van der Waals surface area contributed by atoms with Gasteiger partial charge in [-0.25, -0.2) is 0 Å². The van der Waals surface area contributed by atoms with E-state index < -0.39 is 43.5 Å². The second-order valence-corrected chi connectivity index (χ2v) is 11.8. The molecule has 3 aromatic carbocycles. The number of aryl methyl sites for hydroxylation is 3. The number of nitrogens with one attached hydrogen (secondary N) is 1. The minimum Gasteiger partial charge on any atom is -0.493 e. The Morgan fingerprint density at radius 2 is 1.71 bits per heavy atom. The fourth-order valence-corrected chi connectivity index (χ4v) is 5.87. The van der Waals surface area contributed by atoms with Gasteiger partial charge in [-0.3, -0.25) is 29.4 Å². The molecule has 0 radical (unpaired) electrons. The van der Waals surface area contributed by atoms with Crippen molar-refractivity contribution in [3.05, 3.63) is 91.9 Å². The molecule has 0 saturated carbocycles. The molecule has 1 heterocycles. The van der Waals surface area contributed by atoms with Crippen LogP contribution in [0.5, 0.6) is 11.5 Å². The number of carbonyl (C=O) groups is 3. The van der Waals surface area contributed by atoms with E-state index >= 15 is 0 Å². The Hall–Kier alpha value is -4.69. The van der Waals surface area contributed by atoms with Gasteiger partial charge < -0.3 is 14.2 Å². The maximum Gasteiger partial charge on any atom is 0.339 e. The molecule has 3 aromatic rings. The highest BCUT2D eigenvalue weighted by Crippen LogP contribution is 2.36. The molecule has 1 aliphatic rings. The molecule has 3 amide bonds. The summed E-state index contributed by atoms with van der Waals surface area (Å²) in [6.07, 6.45) is 1.40. The lowest BCUT2D eigenvalue weighted by atomic mass is 10.1. The first-order valence-electron chi connectivity index (χ1n) is 12.3. The molecule has 12 nitrogen and oxygen atoms in total. The van der Waals surface area contributed by atoms with Gasteiger partial charge in [0.2, 0.25) is 5.91 Å². The van der Waals surface area contributed by atoms with E-state index in [1.165, 1.54) is 50.4 Å². The number of rotatable bonds is 9. The molecular weight excluding hydrogens is 586 g/mol. The van der Waals surface area contributed by atoms with Crippen molar-refractivity contribution in [1.29, 1.82) is 0 Å². The van der Waals surface area contributed by atoms with Gasteiger partial charge in [-0.15, -0.1) is 0 Å². The van der Waals surface area contributed by atoms with Crippen LogP contribution in [-0.2, 0) is 19.7 Å². The maximum absolute atomic E-state index is 13.0. The van der Waals surface area contributed by atoms with Crippen LogP contribution in [0.25, 0.3) is 6.08 Å². The van der Waals surface area contributed by atoms with E-state index in [-0.39, 0.29) is 27.7 Å². The van der Waals surface area contributed by atoms with Crippen molar-refractivity contribution < 1.29 is 36.6 Å². The van der Waals surface area contributed by atoms with E-state index in [2.05, 4.69) is 5.32 Å². The zero-order valence-corrected chi connectivity index (χ0v) is 24.5. The summed E-state index contributed by atoms with van der Waals surface area (Å²) in [4.78, 5) is 49.2. The lowest BCUT2D eigenvalue weighted by Crippen LogP contribution is -2.36. The normalized spacial score (nSPS) is 14.3. The number of carbonyl (C=O) groups excluding carboxylic acids is 3. The third-order valence-corrected chi connectivity index (χ3v) is 8.41. The zero-order valence-electron chi connectivity index (χ0n) is 22.9. The van der Waals surface area contributed by atoms with Gasteiger partial charge in [0.05, 0.1) is 16.9 Å². The Bertz CT molecular complexity index is 1750. The van der Waals surface area contributed by atoms with Gasteiger partial charge in [0, 0.05) is 17.3 Å². The van der Waals surface area contributed by atoms with Gasteiger partial charge in [0.1, 0.15) is 11.4 Å². The van der Waals surface area contributed by atoms with E-state index in [1.807, 2.05) is 32.0 Å². The second kappa shape index (κ2) is 12.0. The van der Waals surface area contributed by atoms with Crippen molar-refractivity contribution in [2.75, 3.05) is 19.0 Å². The van der Waals surface area contributed by atoms with Gasteiger partial charge in [0.15, 0.2) is 11.5 Å². The Morgan fingerprint density at radius 1 is 1.02 bits per heavy atom.